The Balaban J connectivity index is 2.56. The van der Waals surface area contributed by atoms with Gasteiger partial charge < -0.3 is 9.73 Å². The van der Waals surface area contributed by atoms with Gasteiger partial charge in [-0.05, 0) is 32.5 Å². The van der Waals surface area contributed by atoms with E-state index in [1.165, 1.54) is 6.20 Å². The molecule has 0 fully saturated rings. The summed E-state index contributed by atoms with van der Waals surface area (Å²) >= 11 is 0. The first-order chi connectivity index (χ1) is 9.84. The lowest BCUT2D eigenvalue weighted by atomic mass is 9.96. The second-order valence-electron chi connectivity index (χ2n) is 4.82. The number of pyridine rings is 1. The van der Waals surface area contributed by atoms with Crippen LogP contribution in [-0.2, 0) is 6.18 Å². The maximum Gasteiger partial charge on any atom is 0.416 e. The van der Waals surface area contributed by atoms with Crippen molar-refractivity contribution in [2.45, 2.75) is 33.0 Å². The third-order valence-electron chi connectivity index (χ3n) is 3.27. The quantitative estimate of drug-likeness (QED) is 0.927. The number of hydrogen-bond donors (Lipinski definition) is 1. The predicted molar refractivity (Wildman–Crippen MR) is 72.9 cm³/mol. The molecular weight excluding hydrogens is 281 g/mol. The molecule has 6 heteroatoms. The van der Waals surface area contributed by atoms with E-state index in [4.69, 9.17) is 4.42 Å². The van der Waals surface area contributed by atoms with Gasteiger partial charge >= 0.3 is 6.18 Å². The van der Waals surface area contributed by atoms with E-state index in [0.29, 0.717) is 23.6 Å². The maximum absolute atomic E-state index is 13.2. The van der Waals surface area contributed by atoms with Gasteiger partial charge in [0.15, 0.2) is 0 Å². The number of rotatable bonds is 4. The Morgan fingerprint density at radius 3 is 2.52 bits per heavy atom. The molecular formula is C15H17F3N2O. The zero-order chi connectivity index (χ0) is 15.6. The summed E-state index contributed by atoms with van der Waals surface area (Å²) in [5.41, 5.74) is 0.130. The molecule has 2 heterocycles. The van der Waals surface area contributed by atoms with Gasteiger partial charge in [0, 0.05) is 23.5 Å². The summed E-state index contributed by atoms with van der Waals surface area (Å²) in [4.78, 5) is 3.85. The van der Waals surface area contributed by atoms with Crippen molar-refractivity contribution in [3.63, 3.8) is 0 Å². The fraction of sp³-hybridized carbons (Fsp3) is 0.400. The zero-order valence-corrected chi connectivity index (χ0v) is 12.1. The van der Waals surface area contributed by atoms with E-state index in [2.05, 4.69) is 10.3 Å². The molecule has 2 aromatic rings. The van der Waals surface area contributed by atoms with Gasteiger partial charge in [0.05, 0.1) is 11.6 Å². The molecule has 0 aliphatic carbocycles. The van der Waals surface area contributed by atoms with Crippen LogP contribution in [0.2, 0.25) is 0 Å². The third kappa shape index (κ3) is 3.26. The van der Waals surface area contributed by atoms with Gasteiger partial charge in [0.25, 0.3) is 0 Å². The number of aromatic nitrogens is 1. The van der Waals surface area contributed by atoms with E-state index >= 15 is 0 Å². The average Bonchev–Trinajstić information content (AvgIpc) is 2.74. The first-order valence-corrected chi connectivity index (χ1v) is 6.66. The lowest BCUT2D eigenvalue weighted by Crippen LogP contribution is -2.25. The molecule has 114 valence electrons. The molecule has 1 atom stereocenters. The van der Waals surface area contributed by atoms with Crippen molar-refractivity contribution in [2.75, 3.05) is 6.54 Å². The third-order valence-corrected chi connectivity index (χ3v) is 3.27. The van der Waals surface area contributed by atoms with Crippen LogP contribution < -0.4 is 5.32 Å². The van der Waals surface area contributed by atoms with Crippen molar-refractivity contribution in [2.24, 2.45) is 0 Å². The average molecular weight is 298 g/mol. The Kier molecular flexibility index (Phi) is 4.37. The van der Waals surface area contributed by atoms with Gasteiger partial charge in [-0.25, -0.2) is 0 Å². The Morgan fingerprint density at radius 1 is 1.29 bits per heavy atom. The summed E-state index contributed by atoms with van der Waals surface area (Å²) in [6, 6.07) is 2.16. The molecule has 2 aromatic heterocycles. The van der Waals surface area contributed by atoms with Crippen LogP contribution >= 0.6 is 0 Å². The maximum atomic E-state index is 13.2. The molecule has 3 nitrogen and oxygen atoms in total. The summed E-state index contributed by atoms with van der Waals surface area (Å²) in [6.45, 7) is 5.89. The molecule has 1 N–H and O–H groups in total. The number of hydrogen-bond acceptors (Lipinski definition) is 3. The highest BCUT2D eigenvalue weighted by Gasteiger charge is 2.36. The molecule has 0 aliphatic heterocycles. The van der Waals surface area contributed by atoms with Crippen molar-refractivity contribution in [1.29, 1.82) is 0 Å². The number of alkyl halides is 3. The van der Waals surface area contributed by atoms with Crippen molar-refractivity contribution >= 4 is 0 Å². The molecule has 0 saturated heterocycles. The standard InChI is InChI=1S/C15H17F3N2O/c1-4-20-14(11-7-9(2)21-10(11)3)12-8-19-6-5-13(12)15(16,17)18/h5-8,14,20H,4H2,1-3H3. The lowest BCUT2D eigenvalue weighted by molar-refractivity contribution is -0.138. The van der Waals surface area contributed by atoms with Gasteiger partial charge in [-0.2, -0.15) is 13.2 Å². The van der Waals surface area contributed by atoms with Gasteiger partial charge in [0.1, 0.15) is 11.5 Å². The van der Waals surface area contributed by atoms with Crippen LogP contribution in [0.15, 0.2) is 28.9 Å². The van der Waals surface area contributed by atoms with E-state index in [-0.39, 0.29) is 5.56 Å². The Labute approximate surface area is 121 Å². The number of nitrogens with one attached hydrogen (secondary N) is 1. The summed E-state index contributed by atoms with van der Waals surface area (Å²) in [5, 5.41) is 3.08. The molecule has 2 rings (SSSR count). The van der Waals surface area contributed by atoms with Crippen LogP contribution in [0.3, 0.4) is 0 Å². The molecule has 0 radical (unpaired) electrons. The van der Waals surface area contributed by atoms with Crippen LogP contribution in [0.5, 0.6) is 0 Å². The smallest absolute Gasteiger partial charge is 0.416 e. The van der Waals surface area contributed by atoms with Crippen molar-refractivity contribution in [3.8, 4) is 0 Å². The van der Waals surface area contributed by atoms with Gasteiger partial charge in [-0.1, -0.05) is 6.92 Å². The van der Waals surface area contributed by atoms with Crippen LogP contribution in [0.25, 0.3) is 0 Å². The van der Waals surface area contributed by atoms with Crippen LogP contribution in [0, 0.1) is 13.8 Å². The first-order valence-electron chi connectivity index (χ1n) is 6.66. The summed E-state index contributed by atoms with van der Waals surface area (Å²) < 4.78 is 45.0. The Bertz CT molecular complexity index is 620. The molecule has 0 aromatic carbocycles. The van der Waals surface area contributed by atoms with Crippen molar-refractivity contribution in [3.05, 3.63) is 52.7 Å². The van der Waals surface area contributed by atoms with Crippen molar-refractivity contribution < 1.29 is 17.6 Å². The van der Waals surface area contributed by atoms with Gasteiger partial charge in [0.2, 0.25) is 0 Å². The SMILES string of the molecule is CCNC(c1cnccc1C(F)(F)F)c1cc(C)oc1C. The first kappa shape index (κ1) is 15.6. The fourth-order valence-corrected chi connectivity index (χ4v) is 2.42. The topological polar surface area (TPSA) is 38.1 Å². The Hall–Kier alpha value is -1.82. The second kappa shape index (κ2) is 5.89. The van der Waals surface area contributed by atoms with E-state index < -0.39 is 17.8 Å². The van der Waals surface area contributed by atoms with Crippen LogP contribution in [-0.4, -0.2) is 11.5 Å². The number of furan rings is 1. The molecule has 1 unspecified atom stereocenters. The lowest BCUT2D eigenvalue weighted by Gasteiger charge is -2.21. The largest absolute Gasteiger partial charge is 0.466 e. The molecule has 21 heavy (non-hydrogen) atoms. The minimum atomic E-state index is -4.42. The van der Waals surface area contributed by atoms with E-state index in [0.717, 1.165) is 12.3 Å². The second-order valence-corrected chi connectivity index (χ2v) is 4.82. The van der Waals surface area contributed by atoms with E-state index in [1.807, 2.05) is 6.92 Å². The van der Waals surface area contributed by atoms with E-state index in [1.54, 1.807) is 19.9 Å². The monoisotopic (exact) mass is 298 g/mol. The number of nitrogens with zero attached hydrogens (tertiary/aromatic N) is 1. The Morgan fingerprint density at radius 2 is 2.00 bits per heavy atom. The predicted octanol–water partition coefficient (Wildman–Crippen LogP) is 4.01. The number of halogens is 3. The summed E-state index contributed by atoms with van der Waals surface area (Å²) in [7, 11) is 0. The normalized spacial score (nSPS) is 13.4. The number of aryl methyl sites for hydroxylation is 2. The minimum Gasteiger partial charge on any atom is -0.466 e. The minimum absolute atomic E-state index is 0.107. The van der Waals surface area contributed by atoms with Crippen molar-refractivity contribution in [1.82, 2.24) is 10.3 Å². The summed E-state index contributed by atoms with van der Waals surface area (Å²) in [6.07, 6.45) is -2.00. The zero-order valence-electron chi connectivity index (χ0n) is 12.1. The van der Waals surface area contributed by atoms with Gasteiger partial charge in [-0.15, -0.1) is 0 Å². The van der Waals surface area contributed by atoms with Crippen LogP contribution in [0.4, 0.5) is 13.2 Å². The highest BCUT2D eigenvalue weighted by molar-refractivity contribution is 5.38. The molecule has 0 amide bonds. The highest BCUT2D eigenvalue weighted by Crippen LogP contribution is 2.37. The molecule has 0 saturated carbocycles. The molecule has 0 bridgehead atoms. The fourth-order valence-electron chi connectivity index (χ4n) is 2.42. The van der Waals surface area contributed by atoms with Gasteiger partial charge in [-0.3, -0.25) is 4.98 Å². The van der Waals surface area contributed by atoms with E-state index in [9.17, 15) is 13.2 Å². The van der Waals surface area contributed by atoms with Crippen LogP contribution in [0.1, 0.15) is 41.2 Å². The molecule has 0 spiro atoms. The highest BCUT2D eigenvalue weighted by atomic mass is 19.4. The molecule has 0 aliphatic rings. The summed E-state index contributed by atoms with van der Waals surface area (Å²) in [5.74, 6) is 1.28.